The minimum absolute atomic E-state index is 0.290. The van der Waals surface area contributed by atoms with Crippen LogP contribution in [0.4, 0.5) is 15.9 Å². The van der Waals surface area contributed by atoms with E-state index < -0.39 is 0 Å². The van der Waals surface area contributed by atoms with Crippen LogP contribution < -0.4 is 11.1 Å². The van der Waals surface area contributed by atoms with Gasteiger partial charge in [-0.15, -0.1) is 0 Å². The van der Waals surface area contributed by atoms with Gasteiger partial charge in [0.25, 0.3) is 0 Å². The van der Waals surface area contributed by atoms with E-state index in [0.717, 1.165) is 19.4 Å². The Morgan fingerprint density at radius 3 is 2.94 bits per heavy atom. The van der Waals surface area contributed by atoms with Crippen LogP contribution in [0.25, 0.3) is 10.8 Å². The smallest absolute Gasteiger partial charge is 0.136 e. The lowest BCUT2D eigenvalue weighted by Crippen LogP contribution is -2.04. The summed E-state index contributed by atoms with van der Waals surface area (Å²) in [5.74, 6) is 0.280. The number of anilines is 2. The number of nitrogens with two attached hydrogens (primary N) is 1. The summed E-state index contributed by atoms with van der Waals surface area (Å²) in [6, 6.07) is 4.69. The van der Waals surface area contributed by atoms with Gasteiger partial charge in [0, 0.05) is 23.8 Å². The van der Waals surface area contributed by atoms with Gasteiger partial charge in [0.2, 0.25) is 0 Å². The maximum absolute atomic E-state index is 13.8. The number of hydrogen-bond acceptors (Lipinski definition) is 3. The van der Waals surface area contributed by atoms with E-state index >= 15 is 0 Å². The lowest BCUT2D eigenvalue weighted by atomic mass is 10.1. The Labute approximate surface area is 99.8 Å². The molecule has 3 N–H and O–H groups in total. The Morgan fingerprint density at radius 2 is 2.18 bits per heavy atom. The molecule has 1 aromatic carbocycles. The highest BCUT2D eigenvalue weighted by Crippen LogP contribution is 2.28. The SMILES string of the molecule is CCCCNc1nccc2c(N)ccc(F)c12. The van der Waals surface area contributed by atoms with Crippen LogP contribution in [0, 0.1) is 5.82 Å². The van der Waals surface area contributed by atoms with Crippen LogP contribution in [0.2, 0.25) is 0 Å². The number of benzene rings is 1. The number of rotatable bonds is 4. The van der Waals surface area contributed by atoms with Crippen LogP contribution in [0.15, 0.2) is 24.4 Å². The standard InChI is InChI=1S/C13H16FN3/c1-2-3-7-16-13-12-9(6-8-17-13)11(15)5-4-10(12)14/h4-6,8H,2-3,7,15H2,1H3,(H,16,17). The molecule has 0 amide bonds. The number of unbranched alkanes of at least 4 members (excludes halogenated alkanes) is 1. The molecule has 0 aliphatic rings. The summed E-state index contributed by atoms with van der Waals surface area (Å²) in [5.41, 5.74) is 6.40. The normalized spacial score (nSPS) is 10.7. The van der Waals surface area contributed by atoms with Crippen molar-refractivity contribution < 1.29 is 4.39 Å². The van der Waals surface area contributed by atoms with E-state index in [0.29, 0.717) is 22.3 Å². The van der Waals surface area contributed by atoms with E-state index in [1.54, 1.807) is 18.3 Å². The molecule has 0 aliphatic heterocycles. The number of nitrogen functional groups attached to an aromatic ring is 1. The van der Waals surface area contributed by atoms with Gasteiger partial charge in [-0.25, -0.2) is 9.37 Å². The molecule has 0 fully saturated rings. The summed E-state index contributed by atoms with van der Waals surface area (Å²) >= 11 is 0. The molecule has 0 saturated carbocycles. The number of fused-ring (bicyclic) bond motifs is 1. The molecule has 0 aliphatic carbocycles. The van der Waals surface area contributed by atoms with E-state index in [4.69, 9.17) is 5.73 Å². The lowest BCUT2D eigenvalue weighted by Gasteiger charge is -2.10. The monoisotopic (exact) mass is 233 g/mol. The Bertz CT molecular complexity index is 525. The summed E-state index contributed by atoms with van der Waals surface area (Å²) in [6.45, 7) is 2.90. The first kappa shape index (κ1) is 11.6. The molecule has 2 rings (SSSR count). The summed E-state index contributed by atoms with van der Waals surface area (Å²) in [5, 5.41) is 4.33. The van der Waals surface area contributed by atoms with E-state index in [2.05, 4.69) is 17.2 Å². The van der Waals surface area contributed by atoms with E-state index in [-0.39, 0.29) is 5.82 Å². The van der Waals surface area contributed by atoms with Crippen molar-refractivity contribution in [3.05, 3.63) is 30.2 Å². The van der Waals surface area contributed by atoms with Gasteiger partial charge in [0.15, 0.2) is 0 Å². The molecule has 17 heavy (non-hydrogen) atoms. The Kier molecular flexibility index (Phi) is 3.42. The predicted octanol–water partition coefficient (Wildman–Crippen LogP) is 3.17. The van der Waals surface area contributed by atoms with E-state index in [1.807, 2.05) is 0 Å². The molecule has 0 radical (unpaired) electrons. The fourth-order valence-electron chi connectivity index (χ4n) is 1.80. The van der Waals surface area contributed by atoms with Gasteiger partial charge in [-0.3, -0.25) is 0 Å². The zero-order valence-electron chi connectivity index (χ0n) is 9.83. The average Bonchev–Trinajstić information content (AvgIpc) is 2.34. The number of hydrogen-bond donors (Lipinski definition) is 2. The predicted molar refractivity (Wildman–Crippen MR) is 69.5 cm³/mol. The van der Waals surface area contributed by atoms with E-state index in [9.17, 15) is 4.39 Å². The topological polar surface area (TPSA) is 50.9 Å². The number of nitrogens with zero attached hydrogens (tertiary/aromatic N) is 1. The van der Waals surface area contributed by atoms with Gasteiger partial charge >= 0.3 is 0 Å². The summed E-state index contributed by atoms with van der Waals surface area (Å²) in [4.78, 5) is 4.17. The van der Waals surface area contributed by atoms with Crippen molar-refractivity contribution in [1.29, 1.82) is 0 Å². The second kappa shape index (κ2) is 4.99. The molecule has 2 aromatic rings. The maximum atomic E-state index is 13.8. The molecule has 0 saturated heterocycles. The summed E-state index contributed by atoms with van der Waals surface area (Å²) in [7, 11) is 0. The molecular formula is C13H16FN3. The third kappa shape index (κ3) is 2.30. The van der Waals surface area contributed by atoms with Crippen LogP contribution in [-0.2, 0) is 0 Å². The van der Waals surface area contributed by atoms with Crippen molar-refractivity contribution >= 4 is 22.3 Å². The Hall–Kier alpha value is -1.84. The number of nitrogens with one attached hydrogen (secondary N) is 1. The molecule has 90 valence electrons. The highest BCUT2D eigenvalue weighted by molar-refractivity contribution is 5.99. The molecule has 1 aromatic heterocycles. The highest BCUT2D eigenvalue weighted by atomic mass is 19.1. The third-order valence-corrected chi connectivity index (χ3v) is 2.73. The van der Waals surface area contributed by atoms with Gasteiger partial charge in [-0.05, 0) is 24.6 Å². The highest BCUT2D eigenvalue weighted by Gasteiger charge is 2.09. The van der Waals surface area contributed by atoms with Gasteiger partial charge < -0.3 is 11.1 Å². The number of halogens is 1. The van der Waals surface area contributed by atoms with Crippen molar-refractivity contribution in [2.75, 3.05) is 17.6 Å². The second-order valence-corrected chi connectivity index (χ2v) is 4.00. The van der Waals surface area contributed by atoms with Crippen LogP contribution in [0.1, 0.15) is 19.8 Å². The van der Waals surface area contributed by atoms with Gasteiger partial charge in [0.1, 0.15) is 11.6 Å². The summed E-state index contributed by atoms with van der Waals surface area (Å²) < 4.78 is 13.8. The maximum Gasteiger partial charge on any atom is 0.136 e. The minimum Gasteiger partial charge on any atom is -0.398 e. The lowest BCUT2D eigenvalue weighted by molar-refractivity contribution is 0.640. The molecule has 0 atom stereocenters. The fourth-order valence-corrected chi connectivity index (χ4v) is 1.80. The van der Waals surface area contributed by atoms with Crippen LogP contribution in [-0.4, -0.2) is 11.5 Å². The molecule has 1 heterocycles. The number of pyridine rings is 1. The first-order chi connectivity index (χ1) is 8.24. The zero-order chi connectivity index (χ0) is 12.3. The zero-order valence-corrected chi connectivity index (χ0v) is 9.83. The van der Waals surface area contributed by atoms with Gasteiger partial charge in [-0.1, -0.05) is 13.3 Å². The van der Waals surface area contributed by atoms with Crippen LogP contribution in [0.5, 0.6) is 0 Å². The molecule has 0 spiro atoms. The van der Waals surface area contributed by atoms with Crippen LogP contribution >= 0.6 is 0 Å². The second-order valence-electron chi connectivity index (χ2n) is 4.00. The minimum atomic E-state index is -0.290. The first-order valence-electron chi connectivity index (χ1n) is 5.80. The fraction of sp³-hybridized carbons (Fsp3) is 0.308. The molecule has 3 nitrogen and oxygen atoms in total. The van der Waals surface area contributed by atoms with Gasteiger partial charge in [0.05, 0.1) is 5.39 Å². The van der Waals surface area contributed by atoms with E-state index in [1.165, 1.54) is 6.07 Å². The summed E-state index contributed by atoms with van der Waals surface area (Å²) in [6.07, 6.45) is 3.76. The van der Waals surface area contributed by atoms with Crippen molar-refractivity contribution in [3.63, 3.8) is 0 Å². The quantitative estimate of drug-likeness (QED) is 0.630. The third-order valence-electron chi connectivity index (χ3n) is 2.73. The van der Waals surface area contributed by atoms with Crippen molar-refractivity contribution in [1.82, 2.24) is 4.98 Å². The largest absolute Gasteiger partial charge is 0.398 e. The van der Waals surface area contributed by atoms with Crippen molar-refractivity contribution in [2.45, 2.75) is 19.8 Å². The first-order valence-corrected chi connectivity index (χ1v) is 5.80. The number of aromatic nitrogens is 1. The Morgan fingerprint density at radius 1 is 1.35 bits per heavy atom. The molecule has 4 heteroatoms. The molecule has 0 bridgehead atoms. The van der Waals surface area contributed by atoms with Crippen LogP contribution in [0.3, 0.4) is 0 Å². The van der Waals surface area contributed by atoms with Crippen molar-refractivity contribution in [2.24, 2.45) is 0 Å². The van der Waals surface area contributed by atoms with Crippen molar-refractivity contribution in [3.8, 4) is 0 Å². The average molecular weight is 233 g/mol. The molecular weight excluding hydrogens is 217 g/mol. The molecule has 0 unspecified atom stereocenters. The van der Waals surface area contributed by atoms with Gasteiger partial charge in [-0.2, -0.15) is 0 Å². The Balaban J connectivity index is 2.45.